The van der Waals surface area contributed by atoms with Gasteiger partial charge in [-0.15, -0.1) is 0 Å². The molecule has 3 aromatic rings. The van der Waals surface area contributed by atoms with E-state index in [2.05, 4.69) is 4.99 Å². The number of nitro groups is 1. The molecule has 0 aliphatic carbocycles. The van der Waals surface area contributed by atoms with Crippen molar-refractivity contribution in [3.8, 4) is 11.5 Å². The van der Waals surface area contributed by atoms with Gasteiger partial charge in [-0.1, -0.05) is 41.9 Å². The van der Waals surface area contributed by atoms with Crippen LogP contribution in [0.3, 0.4) is 0 Å². The minimum absolute atomic E-state index is 0.0135. The minimum atomic E-state index is -0.561. The van der Waals surface area contributed by atoms with E-state index in [1.54, 1.807) is 18.2 Å². The van der Waals surface area contributed by atoms with Crippen molar-refractivity contribution in [1.82, 2.24) is 0 Å². The van der Waals surface area contributed by atoms with Crippen LogP contribution in [0.5, 0.6) is 11.5 Å². The van der Waals surface area contributed by atoms with Gasteiger partial charge in [0.05, 0.1) is 23.4 Å². The average Bonchev–Trinajstić information content (AvgIpc) is 2.68. The molecule has 0 unspecified atom stereocenters. The monoisotopic (exact) mass is 382 g/mol. The zero-order chi connectivity index (χ0) is 19.4. The molecule has 0 aliphatic rings. The van der Waals surface area contributed by atoms with Crippen LogP contribution in [0.1, 0.15) is 11.1 Å². The first-order chi connectivity index (χ1) is 13.0. The number of aromatic hydroxyl groups is 1. The number of phenolic OH excluding ortho intramolecular Hbond substituents is 1. The third-order valence-corrected chi connectivity index (χ3v) is 4.19. The number of hydrogen-bond acceptors (Lipinski definition) is 5. The number of nitro benzene ring substituents is 1. The maximum atomic E-state index is 11.1. The highest BCUT2D eigenvalue weighted by molar-refractivity contribution is 6.32. The Bertz CT molecular complexity index is 1020. The van der Waals surface area contributed by atoms with Crippen LogP contribution in [0.2, 0.25) is 5.02 Å². The van der Waals surface area contributed by atoms with E-state index in [1.807, 2.05) is 30.3 Å². The van der Waals surface area contributed by atoms with Crippen molar-refractivity contribution in [2.45, 2.75) is 0 Å². The Labute approximate surface area is 160 Å². The highest BCUT2D eigenvalue weighted by Gasteiger charge is 2.16. The molecule has 3 rings (SSSR count). The molecule has 3 aromatic carbocycles. The van der Waals surface area contributed by atoms with E-state index in [-0.39, 0.29) is 16.5 Å². The average molecular weight is 383 g/mol. The normalized spacial score (nSPS) is 11.3. The van der Waals surface area contributed by atoms with Gasteiger partial charge in [-0.25, -0.2) is 4.99 Å². The molecule has 0 radical (unpaired) electrons. The summed E-state index contributed by atoms with van der Waals surface area (Å²) >= 11 is 5.88. The summed E-state index contributed by atoms with van der Waals surface area (Å²) in [7, 11) is 1.51. The molecule has 6 nitrogen and oxygen atoms in total. The minimum Gasteiger partial charge on any atom is -0.507 e. The molecule has 1 N–H and O–H groups in total. The van der Waals surface area contributed by atoms with Gasteiger partial charge >= 0.3 is 0 Å². The van der Waals surface area contributed by atoms with Crippen LogP contribution in [0.25, 0.3) is 0 Å². The molecule has 136 valence electrons. The second-order valence-corrected chi connectivity index (χ2v) is 6.01. The summed E-state index contributed by atoms with van der Waals surface area (Å²) in [5, 5.41) is 21.6. The number of halogens is 1. The highest BCUT2D eigenvalue weighted by Crippen LogP contribution is 2.31. The van der Waals surface area contributed by atoms with Gasteiger partial charge in [-0.3, -0.25) is 10.1 Å². The van der Waals surface area contributed by atoms with Crippen LogP contribution in [0, 0.1) is 10.1 Å². The van der Waals surface area contributed by atoms with Gasteiger partial charge in [0.1, 0.15) is 16.5 Å². The first-order valence-corrected chi connectivity index (χ1v) is 8.33. The van der Waals surface area contributed by atoms with Gasteiger partial charge < -0.3 is 9.84 Å². The van der Waals surface area contributed by atoms with E-state index in [1.165, 1.54) is 25.3 Å². The molecule has 0 aliphatic heterocycles. The molecule has 27 heavy (non-hydrogen) atoms. The number of aliphatic imine (C=N–C) groups is 1. The molecule has 0 spiro atoms. The van der Waals surface area contributed by atoms with Crippen molar-refractivity contribution in [2.24, 2.45) is 4.99 Å². The van der Waals surface area contributed by atoms with E-state index in [4.69, 9.17) is 16.3 Å². The molecule has 0 bridgehead atoms. The van der Waals surface area contributed by atoms with Crippen molar-refractivity contribution < 1.29 is 14.8 Å². The van der Waals surface area contributed by atoms with Crippen LogP contribution in [0.15, 0.2) is 71.7 Å². The number of ether oxygens (including phenoxy) is 1. The van der Waals surface area contributed by atoms with E-state index in [0.29, 0.717) is 22.7 Å². The Kier molecular flexibility index (Phi) is 5.38. The van der Waals surface area contributed by atoms with E-state index < -0.39 is 4.92 Å². The van der Waals surface area contributed by atoms with E-state index in [0.717, 1.165) is 5.56 Å². The maximum Gasteiger partial charge on any atom is 0.290 e. The third kappa shape index (κ3) is 4.07. The lowest BCUT2D eigenvalue weighted by atomic mass is 10.0. The fourth-order valence-corrected chi connectivity index (χ4v) is 2.74. The number of hydrogen-bond donors (Lipinski definition) is 1. The summed E-state index contributed by atoms with van der Waals surface area (Å²) < 4.78 is 5.12. The first-order valence-electron chi connectivity index (χ1n) is 7.95. The third-order valence-electron chi connectivity index (χ3n) is 3.87. The molecule has 0 amide bonds. The number of benzene rings is 3. The lowest BCUT2D eigenvalue weighted by molar-refractivity contribution is -0.384. The number of methoxy groups -OCH3 is 1. The Morgan fingerprint density at radius 1 is 1.11 bits per heavy atom. The Morgan fingerprint density at radius 2 is 1.85 bits per heavy atom. The van der Waals surface area contributed by atoms with E-state index in [9.17, 15) is 15.2 Å². The van der Waals surface area contributed by atoms with Crippen LogP contribution < -0.4 is 4.74 Å². The SMILES string of the molecule is COc1ccc(C(=Nc2ccc(Cl)c([N+](=O)[O-])c2)c2ccccc2)c(O)c1. The quantitative estimate of drug-likeness (QED) is 0.376. The molecular formula is C20H15ClN2O4. The lowest BCUT2D eigenvalue weighted by Crippen LogP contribution is -2.03. The molecule has 0 saturated carbocycles. The van der Waals surface area contributed by atoms with Crippen molar-refractivity contribution in [3.05, 3.63) is 93.0 Å². The van der Waals surface area contributed by atoms with Gasteiger partial charge in [0.2, 0.25) is 0 Å². The van der Waals surface area contributed by atoms with Gasteiger partial charge in [0, 0.05) is 23.3 Å². The fourth-order valence-electron chi connectivity index (χ4n) is 2.55. The standard InChI is InChI=1S/C20H15ClN2O4/c1-27-15-8-9-16(19(24)12-15)20(13-5-3-2-4-6-13)22-14-7-10-17(21)18(11-14)23(25)26/h2-12,24H,1H3. The molecular weight excluding hydrogens is 368 g/mol. The van der Waals surface area contributed by atoms with Crippen LogP contribution in [0.4, 0.5) is 11.4 Å². The lowest BCUT2D eigenvalue weighted by Gasteiger charge is -2.11. The fraction of sp³-hybridized carbons (Fsp3) is 0.0500. The molecule has 0 fully saturated rings. The number of nitrogens with zero attached hydrogens (tertiary/aromatic N) is 2. The number of phenols is 1. The van der Waals surface area contributed by atoms with E-state index >= 15 is 0 Å². The van der Waals surface area contributed by atoms with Crippen LogP contribution >= 0.6 is 11.6 Å². The van der Waals surface area contributed by atoms with Gasteiger partial charge in [0.15, 0.2) is 0 Å². The molecule has 7 heteroatoms. The van der Waals surface area contributed by atoms with Gasteiger partial charge in [0.25, 0.3) is 5.69 Å². The smallest absolute Gasteiger partial charge is 0.290 e. The largest absolute Gasteiger partial charge is 0.507 e. The molecule has 0 saturated heterocycles. The Morgan fingerprint density at radius 3 is 2.48 bits per heavy atom. The highest BCUT2D eigenvalue weighted by atomic mass is 35.5. The zero-order valence-corrected chi connectivity index (χ0v) is 15.1. The van der Waals surface area contributed by atoms with Crippen LogP contribution in [-0.4, -0.2) is 22.9 Å². The summed E-state index contributed by atoms with van der Waals surface area (Å²) in [6, 6.07) is 18.4. The first kappa shape index (κ1) is 18.4. The van der Waals surface area contributed by atoms with Crippen molar-refractivity contribution >= 4 is 28.7 Å². The summed E-state index contributed by atoms with van der Waals surface area (Å²) in [4.78, 5) is 15.1. The predicted molar refractivity (Wildman–Crippen MR) is 105 cm³/mol. The Hall–Kier alpha value is -3.38. The topological polar surface area (TPSA) is 85.0 Å². The van der Waals surface area contributed by atoms with Crippen molar-refractivity contribution in [3.63, 3.8) is 0 Å². The van der Waals surface area contributed by atoms with Crippen LogP contribution in [-0.2, 0) is 0 Å². The second kappa shape index (κ2) is 7.88. The summed E-state index contributed by atoms with van der Waals surface area (Å²) in [6.07, 6.45) is 0. The second-order valence-electron chi connectivity index (χ2n) is 5.60. The zero-order valence-electron chi connectivity index (χ0n) is 14.3. The molecule has 0 heterocycles. The molecule has 0 atom stereocenters. The predicted octanol–water partition coefficient (Wildman–Crippen LogP) is 5.13. The Balaban J connectivity index is 2.18. The molecule has 0 aromatic heterocycles. The summed E-state index contributed by atoms with van der Waals surface area (Å²) in [5.41, 5.74) is 1.80. The maximum absolute atomic E-state index is 11.1. The number of rotatable bonds is 5. The van der Waals surface area contributed by atoms with Gasteiger partial charge in [-0.2, -0.15) is 0 Å². The van der Waals surface area contributed by atoms with Crippen molar-refractivity contribution in [2.75, 3.05) is 7.11 Å². The van der Waals surface area contributed by atoms with Gasteiger partial charge in [-0.05, 0) is 24.3 Å². The van der Waals surface area contributed by atoms with Crippen molar-refractivity contribution in [1.29, 1.82) is 0 Å². The summed E-state index contributed by atoms with van der Waals surface area (Å²) in [6.45, 7) is 0. The summed E-state index contributed by atoms with van der Waals surface area (Å²) in [5.74, 6) is 0.492.